The normalized spacial score (nSPS) is 63.0. The molecule has 3 atom stereocenters. The fourth-order valence-electron chi connectivity index (χ4n) is 4.67. The highest BCUT2D eigenvalue weighted by molar-refractivity contribution is 5.22. The molecule has 0 radical (unpaired) electrons. The Morgan fingerprint density at radius 2 is 1.73 bits per heavy atom. The molecule has 0 aromatic carbocycles. The molecule has 5 aliphatic carbocycles. The first kappa shape index (κ1) is 6.51. The third-order valence-electron chi connectivity index (χ3n) is 5.08. The van der Waals surface area contributed by atoms with Crippen molar-refractivity contribution in [2.75, 3.05) is 0 Å². The van der Waals surface area contributed by atoms with Crippen LogP contribution in [0, 0.1) is 35.0 Å². The summed E-state index contributed by atoms with van der Waals surface area (Å²) in [6.07, 6.45) is 3.08. The summed E-state index contributed by atoms with van der Waals surface area (Å²) >= 11 is 0. The molecular formula is C11H18. The van der Waals surface area contributed by atoms with Gasteiger partial charge >= 0.3 is 0 Å². The molecule has 0 heterocycles. The molecule has 0 amide bonds. The van der Waals surface area contributed by atoms with Gasteiger partial charge in [-0.15, -0.1) is 0 Å². The Kier molecular flexibility index (Phi) is 0.906. The van der Waals surface area contributed by atoms with Gasteiger partial charge in [-0.05, 0) is 41.4 Å². The number of fused-ring (bicyclic) bond motifs is 2. The molecule has 0 aromatic heterocycles. The molecule has 5 rings (SSSR count). The number of hydrogen-bond donors (Lipinski definition) is 0. The van der Waals surface area contributed by atoms with E-state index in [1.54, 1.807) is 6.42 Å². The fourth-order valence-corrected chi connectivity index (χ4v) is 4.67. The van der Waals surface area contributed by atoms with Crippen molar-refractivity contribution >= 4 is 0 Å². The van der Waals surface area contributed by atoms with Crippen molar-refractivity contribution in [3.8, 4) is 0 Å². The van der Waals surface area contributed by atoms with Gasteiger partial charge in [-0.2, -0.15) is 0 Å². The molecular weight excluding hydrogens is 132 g/mol. The maximum absolute atomic E-state index is 2.48. The quantitative estimate of drug-likeness (QED) is 0.498. The Balaban J connectivity index is 1.88. The highest BCUT2D eigenvalue weighted by Crippen LogP contribution is 2.79. The summed E-state index contributed by atoms with van der Waals surface area (Å²) in [7, 11) is 0. The Hall–Kier alpha value is 0. The minimum Gasteiger partial charge on any atom is -0.0622 e. The van der Waals surface area contributed by atoms with Crippen LogP contribution in [0.3, 0.4) is 0 Å². The highest BCUT2D eigenvalue weighted by atomic mass is 14.8. The first-order valence-corrected chi connectivity index (χ1v) is 5.14. The van der Waals surface area contributed by atoms with Crippen LogP contribution in [-0.4, -0.2) is 0 Å². The zero-order chi connectivity index (χ0) is 7.80. The van der Waals surface area contributed by atoms with Gasteiger partial charge in [-0.3, -0.25) is 0 Å². The summed E-state index contributed by atoms with van der Waals surface area (Å²) in [6, 6.07) is 0. The molecule has 5 saturated carbocycles. The van der Waals surface area contributed by atoms with E-state index in [0.717, 1.165) is 29.1 Å². The molecule has 0 saturated heterocycles. The second kappa shape index (κ2) is 1.53. The van der Waals surface area contributed by atoms with Crippen molar-refractivity contribution in [2.24, 2.45) is 35.0 Å². The van der Waals surface area contributed by atoms with Crippen LogP contribution in [0.4, 0.5) is 0 Å². The second-order valence-corrected chi connectivity index (χ2v) is 5.67. The molecule has 11 heavy (non-hydrogen) atoms. The van der Waals surface area contributed by atoms with Gasteiger partial charge in [-0.1, -0.05) is 27.2 Å². The maximum atomic E-state index is 2.48. The average Bonchev–Trinajstić information content (AvgIpc) is 1.84. The third kappa shape index (κ3) is 0.467. The summed E-state index contributed by atoms with van der Waals surface area (Å²) in [5, 5.41) is 0. The Morgan fingerprint density at radius 1 is 1.09 bits per heavy atom. The molecule has 5 fully saturated rings. The highest BCUT2D eigenvalue weighted by Gasteiger charge is 2.74. The van der Waals surface area contributed by atoms with E-state index in [9.17, 15) is 0 Å². The van der Waals surface area contributed by atoms with Crippen molar-refractivity contribution < 1.29 is 0 Å². The molecule has 0 heteroatoms. The number of rotatable bonds is 0. The van der Waals surface area contributed by atoms with Gasteiger partial charge in [-0.25, -0.2) is 0 Å². The molecule has 62 valence electrons. The van der Waals surface area contributed by atoms with Crippen LogP contribution in [0.1, 0.15) is 33.6 Å². The molecule has 5 aliphatic rings. The van der Waals surface area contributed by atoms with Crippen molar-refractivity contribution in [3.05, 3.63) is 0 Å². The summed E-state index contributed by atoms with van der Waals surface area (Å²) in [6.45, 7) is 7.43. The van der Waals surface area contributed by atoms with Crippen molar-refractivity contribution in [3.63, 3.8) is 0 Å². The van der Waals surface area contributed by atoms with Crippen molar-refractivity contribution in [1.82, 2.24) is 0 Å². The van der Waals surface area contributed by atoms with Crippen LogP contribution in [0.25, 0.3) is 0 Å². The van der Waals surface area contributed by atoms with Gasteiger partial charge in [0.05, 0.1) is 0 Å². The predicted molar refractivity (Wildman–Crippen MR) is 46.1 cm³/mol. The lowest BCUT2D eigenvalue weighted by Gasteiger charge is -2.80. The molecule has 4 bridgehead atoms. The van der Waals surface area contributed by atoms with E-state index >= 15 is 0 Å². The first-order valence-electron chi connectivity index (χ1n) is 5.14. The topological polar surface area (TPSA) is 0 Å². The summed E-state index contributed by atoms with van der Waals surface area (Å²) in [4.78, 5) is 0. The molecule has 0 aromatic rings. The zero-order valence-electron chi connectivity index (χ0n) is 7.80. The van der Waals surface area contributed by atoms with Gasteiger partial charge in [0.1, 0.15) is 0 Å². The molecule has 0 aliphatic heterocycles. The smallest absolute Gasteiger partial charge is 0.0286 e. The van der Waals surface area contributed by atoms with Gasteiger partial charge in [0.2, 0.25) is 0 Å². The summed E-state index contributed by atoms with van der Waals surface area (Å²) in [5.41, 5.74) is 0.754. The lowest BCUT2D eigenvalue weighted by atomic mass is 9.24. The molecule has 0 nitrogen and oxygen atoms in total. The maximum Gasteiger partial charge on any atom is -0.0286 e. The summed E-state index contributed by atoms with van der Waals surface area (Å²) < 4.78 is 0. The summed E-state index contributed by atoms with van der Waals surface area (Å²) in [5.74, 6) is 5.66. The van der Waals surface area contributed by atoms with Crippen molar-refractivity contribution in [1.29, 1.82) is 0 Å². The second-order valence-electron chi connectivity index (χ2n) is 5.67. The average molecular weight is 150 g/mol. The van der Waals surface area contributed by atoms with Gasteiger partial charge in [0.15, 0.2) is 0 Å². The van der Waals surface area contributed by atoms with Gasteiger partial charge in [0.25, 0.3) is 0 Å². The minimum atomic E-state index is 0.754. The van der Waals surface area contributed by atoms with Crippen LogP contribution < -0.4 is 0 Å². The van der Waals surface area contributed by atoms with E-state index in [-0.39, 0.29) is 0 Å². The van der Waals surface area contributed by atoms with Crippen LogP contribution in [-0.2, 0) is 0 Å². The SMILES string of the molecule is CC1CCC2C3C1C2C3(C)C. The van der Waals surface area contributed by atoms with Gasteiger partial charge in [0, 0.05) is 0 Å². The Bertz CT molecular complexity index is 190. The minimum absolute atomic E-state index is 0.754. The van der Waals surface area contributed by atoms with Crippen LogP contribution in [0.2, 0.25) is 0 Å². The van der Waals surface area contributed by atoms with E-state index < -0.39 is 0 Å². The van der Waals surface area contributed by atoms with E-state index in [1.807, 2.05) is 0 Å². The van der Waals surface area contributed by atoms with Crippen LogP contribution >= 0.6 is 0 Å². The monoisotopic (exact) mass is 150 g/mol. The van der Waals surface area contributed by atoms with Crippen LogP contribution in [0.5, 0.6) is 0 Å². The lowest BCUT2D eigenvalue weighted by molar-refractivity contribution is -0.328. The lowest BCUT2D eigenvalue weighted by Crippen LogP contribution is -2.75. The Morgan fingerprint density at radius 3 is 2.09 bits per heavy atom. The largest absolute Gasteiger partial charge is 0.0622 e. The molecule has 0 N–H and O–H groups in total. The first-order chi connectivity index (χ1) is 5.14. The standard InChI is InChI=1S/C11H18/c1-6-4-5-7-9-8(6)10(7)11(9,2)3/h6-10H,4-5H2,1-3H3. The van der Waals surface area contributed by atoms with E-state index in [1.165, 1.54) is 12.3 Å². The van der Waals surface area contributed by atoms with Crippen molar-refractivity contribution in [2.45, 2.75) is 33.6 Å². The molecule has 0 spiro atoms. The Labute approximate surface area is 69.4 Å². The number of hydrogen-bond acceptors (Lipinski definition) is 0. The van der Waals surface area contributed by atoms with E-state index in [0.29, 0.717) is 0 Å². The molecule has 3 unspecified atom stereocenters. The third-order valence-corrected chi connectivity index (χ3v) is 5.08. The van der Waals surface area contributed by atoms with E-state index in [4.69, 9.17) is 0 Å². The predicted octanol–water partition coefficient (Wildman–Crippen LogP) is 2.93. The fraction of sp³-hybridized carbons (Fsp3) is 1.00. The zero-order valence-corrected chi connectivity index (χ0v) is 7.80. The van der Waals surface area contributed by atoms with Gasteiger partial charge < -0.3 is 0 Å². The van der Waals surface area contributed by atoms with Crippen LogP contribution in [0.15, 0.2) is 0 Å². The van der Waals surface area contributed by atoms with E-state index in [2.05, 4.69) is 20.8 Å².